The van der Waals surface area contributed by atoms with Gasteiger partial charge in [-0.25, -0.2) is 8.42 Å². The van der Waals surface area contributed by atoms with Gasteiger partial charge < -0.3 is 28.2 Å². The topological polar surface area (TPSA) is 127 Å². The minimum absolute atomic E-state index is 0.0729. The van der Waals surface area contributed by atoms with Gasteiger partial charge in [-0.2, -0.15) is 8.78 Å². The number of esters is 1. The molecule has 0 amide bonds. The lowest BCUT2D eigenvalue weighted by atomic mass is 9.87. The summed E-state index contributed by atoms with van der Waals surface area (Å²) in [6, 6.07) is 0. The number of hydrogen-bond acceptors (Lipinski definition) is 9. The van der Waals surface area contributed by atoms with Gasteiger partial charge in [-0.15, -0.1) is 0 Å². The van der Waals surface area contributed by atoms with E-state index in [1.165, 1.54) is 0 Å². The number of carbonyl (C=O) groups excluding carboxylic acids is 1. The van der Waals surface area contributed by atoms with Crippen molar-refractivity contribution in [2.75, 3.05) is 46.2 Å². The molecule has 2 aliphatic heterocycles. The molecule has 2 unspecified atom stereocenters. The molecule has 0 spiro atoms. The van der Waals surface area contributed by atoms with Crippen LogP contribution in [0.25, 0.3) is 0 Å². The first-order chi connectivity index (χ1) is 12.1. The van der Waals surface area contributed by atoms with Gasteiger partial charge in [0.2, 0.25) is 0 Å². The zero-order valence-electron chi connectivity index (χ0n) is 14.1. The quantitative estimate of drug-likeness (QED) is 0.235. The molecule has 2 atom stereocenters. The Morgan fingerprint density at radius 3 is 1.92 bits per heavy atom. The second kappa shape index (κ2) is 8.40. The average molecular weight is 403 g/mol. The van der Waals surface area contributed by atoms with Gasteiger partial charge in [-0.05, 0) is 6.42 Å². The van der Waals surface area contributed by atoms with Crippen LogP contribution in [0.4, 0.5) is 8.78 Å². The normalized spacial score (nSPS) is 24.8. The van der Waals surface area contributed by atoms with Gasteiger partial charge >= 0.3 is 11.2 Å². The van der Waals surface area contributed by atoms with E-state index in [9.17, 15) is 26.5 Å². The molecule has 2 rings (SSSR count). The minimum atomic E-state index is -5.95. The third kappa shape index (κ3) is 6.06. The lowest BCUT2D eigenvalue weighted by Gasteiger charge is -2.30. The Bertz CT molecular complexity index is 569. The molecule has 12 heteroatoms. The number of rotatable bonds is 13. The Labute approximate surface area is 149 Å². The second-order valence-corrected chi connectivity index (χ2v) is 7.75. The molecule has 0 aromatic heterocycles. The van der Waals surface area contributed by atoms with Crippen LogP contribution in [0.15, 0.2) is 0 Å². The SMILES string of the molecule is CCC(COCC1CO1)(COCC1CO1)C(=O)OCC(F)(F)S(=O)(=O)[O-]. The molecule has 0 N–H and O–H groups in total. The highest BCUT2D eigenvalue weighted by atomic mass is 32.2. The van der Waals surface area contributed by atoms with Crippen molar-refractivity contribution in [2.45, 2.75) is 30.8 Å². The van der Waals surface area contributed by atoms with E-state index in [2.05, 4.69) is 4.74 Å². The summed E-state index contributed by atoms with van der Waals surface area (Å²) in [7, 11) is -5.95. The van der Waals surface area contributed by atoms with E-state index in [0.717, 1.165) is 0 Å². The maximum absolute atomic E-state index is 13.2. The van der Waals surface area contributed by atoms with Crippen LogP contribution in [-0.2, 0) is 38.6 Å². The van der Waals surface area contributed by atoms with Crippen molar-refractivity contribution in [2.24, 2.45) is 5.41 Å². The molecule has 9 nitrogen and oxygen atoms in total. The summed E-state index contributed by atoms with van der Waals surface area (Å²) >= 11 is 0. The second-order valence-electron chi connectivity index (χ2n) is 6.24. The molecular formula is C14H21F2O9S-. The van der Waals surface area contributed by atoms with Crippen molar-refractivity contribution in [1.29, 1.82) is 0 Å². The number of carbonyl (C=O) groups is 1. The Kier molecular flexibility index (Phi) is 6.91. The van der Waals surface area contributed by atoms with Crippen LogP contribution >= 0.6 is 0 Å². The van der Waals surface area contributed by atoms with Crippen LogP contribution in [0.5, 0.6) is 0 Å². The van der Waals surface area contributed by atoms with Crippen LogP contribution < -0.4 is 0 Å². The number of ether oxygens (including phenoxy) is 5. The maximum atomic E-state index is 13.2. The fourth-order valence-corrected chi connectivity index (χ4v) is 2.19. The first-order valence-electron chi connectivity index (χ1n) is 7.99. The van der Waals surface area contributed by atoms with Crippen molar-refractivity contribution in [3.05, 3.63) is 0 Å². The first kappa shape index (κ1) is 21.4. The van der Waals surface area contributed by atoms with Crippen LogP contribution in [0.1, 0.15) is 13.3 Å². The molecule has 2 fully saturated rings. The molecule has 2 saturated heterocycles. The number of alkyl halides is 2. The highest BCUT2D eigenvalue weighted by Crippen LogP contribution is 2.29. The first-order valence-corrected chi connectivity index (χ1v) is 9.40. The standard InChI is InChI=1S/C14H22F2O9S/c1-2-13(7-21-3-10-5-23-10,8-22-4-11-6-24-11)12(17)25-9-14(15,16)26(18,19)20/h10-11H,2-9H2,1H3,(H,18,19,20)/p-1. The zero-order chi connectivity index (χ0) is 19.4. The lowest BCUT2D eigenvalue weighted by Crippen LogP contribution is -2.44. The molecule has 0 aromatic carbocycles. The molecule has 0 bridgehead atoms. The summed E-state index contributed by atoms with van der Waals surface area (Å²) in [5.74, 6) is -1.13. The summed E-state index contributed by atoms with van der Waals surface area (Å²) in [5, 5.41) is -4.71. The molecule has 0 radical (unpaired) electrons. The maximum Gasteiger partial charge on any atom is 0.367 e. The number of hydrogen-bond donors (Lipinski definition) is 0. The smallest absolute Gasteiger partial charge is 0.367 e. The van der Waals surface area contributed by atoms with E-state index in [4.69, 9.17) is 18.9 Å². The van der Waals surface area contributed by atoms with E-state index in [1.54, 1.807) is 6.92 Å². The molecule has 2 aliphatic rings. The fourth-order valence-electron chi connectivity index (χ4n) is 1.98. The third-order valence-electron chi connectivity index (χ3n) is 4.02. The molecular weight excluding hydrogens is 382 g/mol. The molecule has 0 aliphatic carbocycles. The molecule has 152 valence electrons. The summed E-state index contributed by atoms with van der Waals surface area (Å²) in [5.41, 5.74) is -1.42. The Hall–Kier alpha value is -0.920. The average Bonchev–Trinajstić information content (AvgIpc) is 3.44. The van der Waals surface area contributed by atoms with Crippen molar-refractivity contribution in [3.8, 4) is 0 Å². The van der Waals surface area contributed by atoms with Crippen LogP contribution in [0.3, 0.4) is 0 Å². The number of epoxide rings is 2. The Balaban J connectivity index is 1.96. The van der Waals surface area contributed by atoms with Crippen LogP contribution in [0, 0.1) is 5.41 Å². The summed E-state index contributed by atoms with van der Waals surface area (Å²) < 4.78 is 83.2. The van der Waals surface area contributed by atoms with Crippen molar-refractivity contribution in [3.63, 3.8) is 0 Å². The van der Waals surface area contributed by atoms with Crippen molar-refractivity contribution < 1.29 is 50.2 Å². The predicted octanol–water partition coefficient (Wildman–Crippen LogP) is -0.105. The molecule has 2 heterocycles. The van der Waals surface area contributed by atoms with E-state index >= 15 is 0 Å². The fraction of sp³-hybridized carbons (Fsp3) is 0.929. The monoisotopic (exact) mass is 403 g/mol. The number of halogens is 2. The van der Waals surface area contributed by atoms with Gasteiger partial charge in [0.25, 0.3) is 0 Å². The molecule has 0 saturated carbocycles. The molecule has 26 heavy (non-hydrogen) atoms. The van der Waals surface area contributed by atoms with Gasteiger partial charge in [0.15, 0.2) is 16.7 Å². The zero-order valence-corrected chi connectivity index (χ0v) is 15.0. The predicted molar refractivity (Wildman–Crippen MR) is 79.4 cm³/mol. The van der Waals surface area contributed by atoms with Crippen molar-refractivity contribution in [1.82, 2.24) is 0 Å². The highest BCUT2D eigenvalue weighted by molar-refractivity contribution is 7.86. The highest BCUT2D eigenvalue weighted by Gasteiger charge is 2.45. The van der Waals surface area contributed by atoms with Crippen molar-refractivity contribution >= 4 is 16.1 Å². The molecule has 0 aromatic rings. The Morgan fingerprint density at radius 1 is 1.12 bits per heavy atom. The van der Waals surface area contributed by atoms with Gasteiger partial charge in [0.1, 0.15) is 17.6 Å². The van der Waals surface area contributed by atoms with Crippen LogP contribution in [-0.4, -0.2) is 82.7 Å². The Morgan fingerprint density at radius 2 is 1.58 bits per heavy atom. The lowest BCUT2D eigenvalue weighted by molar-refractivity contribution is -0.171. The third-order valence-corrected chi connectivity index (χ3v) is 4.87. The largest absolute Gasteiger partial charge is 0.743 e. The van der Waals surface area contributed by atoms with E-state index in [-0.39, 0.29) is 45.1 Å². The summed E-state index contributed by atoms with van der Waals surface area (Å²) in [6.07, 6.45) is -0.0222. The minimum Gasteiger partial charge on any atom is -0.743 e. The van der Waals surface area contributed by atoms with Gasteiger partial charge in [0.05, 0.1) is 39.6 Å². The summed E-state index contributed by atoms with van der Waals surface area (Å²) in [6.45, 7) is 0.860. The van der Waals surface area contributed by atoms with Crippen LogP contribution in [0.2, 0.25) is 0 Å². The summed E-state index contributed by atoms with van der Waals surface area (Å²) in [4.78, 5) is 12.4. The van der Waals surface area contributed by atoms with Gasteiger partial charge in [-0.3, -0.25) is 4.79 Å². The van der Waals surface area contributed by atoms with E-state index in [1.807, 2.05) is 0 Å². The van der Waals surface area contributed by atoms with E-state index in [0.29, 0.717) is 13.2 Å². The van der Waals surface area contributed by atoms with Gasteiger partial charge in [-0.1, -0.05) is 6.92 Å². The van der Waals surface area contributed by atoms with E-state index < -0.39 is 33.4 Å². The van der Waals surface area contributed by atoms with Gasteiger partial charge in [0, 0.05) is 0 Å².